The number of aromatic nitrogens is 1. The average Bonchev–Trinajstić information content (AvgIpc) is 2.65. The van der Waals surface area contributed by atoms with Gasteiger partial charge >= 0.3 is 12.6 Å². The molecule has 0 amide bonds. The Hall–Kier alpha value is -3.42. The molecule has 3 rings (SSSR count). The lowest BCUT2D eigenvalue weighted by Gasteiger charge is -2.14. The summed E-state index contributed by atoms with van der Waals surface area (Å²) in [5.74, 6) is -0.578. The van der Waals surface area contributed by atoms with E-state index in [0.29, 0.717) is 22.4 Å². The Morgan fingerprint density at radius 2 is 1.70 bits per heavy atom. The number of carboxylic acid groups (broad SMARTS) is 1. The van der Waals surface area contributed by atoms with E-state index in [1.807, 2.05) is 0 Å². The molecule has 8 heteroatoms. The van der Waals surface area contributed by atoms with E-state index in [1.165, 1.54) is 50.6 Å². The highest BCUT2D eigenvalue weighted by molar-refractivity contribution is 6.04. The maximum absolute atomic E-state index is 12.7. The zero-order valence-corrected chi connectivity index (χ0v) is 14.4. The van der Waals surface area contributed by atoms with Gasteiger partial charge in [0.25, 0.3) is 0 Å². The van der Waals surface area contributed by atoms with Crippen LogP contribution in [-0.4, -0.2) is 36.9 Å². The van der Waals surface area contributed by atoms with Crippen LogP contribution < -0.4 is 14.2 Å². The van der Waals surface area contributed by atoms with E-state index < -0.39 is 12.6 Å². The summed E-state index contributed by atoms with van der Waals surface area (Å²) in [6.07, 6.45) is 0. The second kappa shape index (κ2) is 7.45. The number of pyridine rings is 1. The van der Waals surface area contributed by atoms with Crippen LogP contribution in [0.15, 0.2) is 42.5 Å². The molecule has 1 N–H and O–H groups in total. The van der Waals surface area contributed by atoms with E-state index in [1.54, 1.807) is 6.07 Å². The Balaban J connectivity index is 2.28. The van der Waals surface area contributed by atoms with Crippen LogP contribution in [0.3, 0.4) is 0 Å². The number of rotatable bonds is 6. The van der Waals surface area contributed by atoms with Crippen LogP contribution in [0.5, 0.6) is 17.2 Å². The number of hydrogen-bond acceptors (Lipinski definition) is 5. The van der Waals surface area contributed by atoms with Crippen molar-refractivity contribution in [3.05, 3.63) is 48.0 Å². The minimum absolute atomic E-state index is 0.0530. The maximum Gasteiger partial charge on any atom is 0.387 e. The van der Waals surface area contributed by atoms with Gasteiger partial charge in [-0.3, -0.25) is 0 Å². The highest BCUT2D eigenvalue weighted by Crippen LogP contribution is 2.36. The fraction of sp³-hybridized carbons (Fsp3) is 0.158. The van der Waals surface area contributed by atoms with Crippen molar-refractivity contribution < 1.29 is 32.9 Å². The molecule has 0 bridgehead atoms. The smallest absolute Gasteiger partial charge is 0.387 e. The minimum atomic E-state index is -3.02. The molecule has 0 aliphatic rings. The molecule has 27 heavy (non-hydrogen) atoms. The molecule has 140 valence electrons. The number of carbonyl (C=O) groups is 1. The van der Waals surface area contributed by atoms with Crippen molar-refractivity contribution in [2.75, 3.05) is 14.2 Å². The molecular formula is C19H15F2NO5. The summed E-state index contributed by atoms with van der Waals surface area (Å²) in [6, 6.07) is 10.4. The van der Waals surface area contributed by atoms with E-state index in [2.05, 4.69) is 9.72 Å². The third-order valence-electron chi connectivity index (χ3n) is 3.92. The highest BCUT2D eigenvalue weighted by atomic mass is 19.3. The Kier molecular flexibility index (Phi) is 5.07. The molecule has 0 saturated carbocycles. The second-order valence-electron chi connectivity index (χ2n) is 5.46. The maximum atomic E-state index is 12.7. The summed E-state index contributed by atoms with van der Waals surface area (Å²) in [4.78, 5) is 16.2. The van der Waals surface area contributed by atoms with Gasteiger partial charge < -0.3 is 19.3 Å². The SMILES string of the molecule is COc1cc2nc(-c3ccccc3OC(F)F)cc(C(=O)O)c2cc1OC. The van der Waals surface area contributed by atoms with E-state index in [0.717, 1.165) is 0 Å². The zero-order valence-electron chi connectivity index (χ0n) is 14.4. The number of nitrogens with zero attached hydrogens (tertiary/aromatic N) is 1. The average molecular weight is 375 g/mol. The van der Waals surface area contributed by atoms with Crippen LogP contribution in [0.25, 0.3) is 22.2 Å². The van der Waals surface area contributed by atoms with Crippen LogP contribution >= 0.6 is 0 Å². The topological polar surface area (TPSA) is 77.9 Å². The fourth-order valence-electron chi connectivity index (χ4n) is 2.74. The van der Waals surface area contributed by atoms with Gasteiger partial charge in [-0.1, -0.05) is 12.1 Å². The molecule has 0 aliphatic carbocycles. The minimum Gasteiger partial charge on any atom is -0.493 e. The summed E-state index contributed by atoms with van der Waals surface area (Å²) >= 11 is 0. The van der Waals surface area contributed by atoms with Crippen molar-refractivity contribution >= 4 is 16.9 Å². The fourth-order valence-corrected chi connectivity index (χ4v) is 2.74. The Labute approximate surface area is 152 Å². The van der Waals surface area contributed by atoms with Crippen molar-refractivity contribution in [3.63, 3.8) is 0 Å². The number of benzene rings is 2. The van der Waals surface area contributed by atoms with E-state index >= 15 is 0 Å². The number of ether oxygens (including phenoxy) is 3. The standard InChI is InChI=1S/C19H15F2NO5/c1-25-16-8-11-12(18(23)24)7-13(22-14(11)9-17(16)26-2)10-5-3-4-6-15(10)27-19(20)21/h3-9,19H,1-2H3,(H,23,24). The number of hydrogen-bond donors (Lipinski definition) is 1. The van der Waals surface area contributed by atoms with Gasteiger partial charge in [-0.05, 0) is 24.3 Å². The van der Waals surface area contributed by atoms with Gasteiger partial charge in [-0.25, -0.2) is 9.78 Å². The summed E-state index contributed by atoms with van der Waals surface area (Å²) in [5.41, 5.74) is 0.692. The predicted molar refractivity (Wildman–Crippen MR) is 93.9 cm³/mol. The molecule has 3 aromatic rings. The molecule has 0 radical (unpaired) electrons. The highest BCUT2D eigenvalue weighted by Gasteiger charge is 2.19. The van der Waals surface area contributed by atoms with Gasteiger partial charge in [0.15, 0.2) is 11.5 Å². The Morgan fingerprint density at radius 3 is 2.33 bits per heavy atom. The summed E-state index contributed by atoms with van der Waals surface area (Å²) in [6.45, 7) is -3.02. The largest absolute Gasteiger partial charge is 0.493 e. The molecule has 0 aliphatic heterocycles. The molecular weight excluding hydrogens is 360 g/mol. The first kappa shape index (κ1) is 18.4. The molecule has 1 heterocycles. The first-order valence-electron chi connectivity index (χ1n) is 7.79. The monoisotopic (exact) mass is 375 g/mol. The molecule has 1 aromatic heterocycles. The summed E-state index contributed by atoms with van der Waals surface area (Å²) < 4.78 is 40.3. The zero-order chi connectivity index (χ0) is 19.6. The van der Waals surface area contributed by atoms with Gasteiger partial charge in [0.1, 0.15) is 5.75 Å². The van der Waals surface area contributed by atoms with Crippen LogP contribution in [0.1, 0.15) is 10.4 Å². The molecule has 0 atom stereocenters. The predicted octanol–water partition coefficient (Wildman–Crippen LogP) is 4.22. The first-order valence-corrected chi connectivity index (χ1v) is 7.79. The number of aromatic carboxylic acids is 1. The normalized spacial score (nSPS) is 10.9. The summed E-state index contributed by atoms with van der Waals surface area (Å²) in [5, 5.41) is 9.94. The summed E-state index contributed by atoms with van der Waals surface area (Å²) in [7, 11) is 2.88. The van der Waals surface area contributed by atoms with Crippen molar-refractivity contribution in [1.29, 1.82) is 0 Å². The van der Waals surface area contributed by atoms with Gasteiger partial charge in [0, 0.05) is 17.0 Å². The number of alkyl halides is 2. The molecule has 0 unspecified atom stereocenters. The van der Waals surface area contributed by atoms with Crippen molar-refractivity contribution in [2.45, 2.75) is 6.61 Å². The van der Waals surface area contributed by atoms with Crippen LogP contribution in [0, 0.1) is 0 Å². The quantitative estimate of drug-likeness (QED) is 0.695. The Morgan fingerprint density at radius 1 is 1.04 bits per heavy atom. The van der Waals surface area contributed by atoms with Crippen molar-refractivity contribution in [3.8, 4) is 28.5 Å². The number of fused-ring (bicyclic) bond motifs is 1. The lowest BCUT2D eigenvalue weighted by molar-refractivity contribution is -0.0494. The molecule has 0 spiro atoms. The second-order valence-corrected chi connectivity index (χ2v) is 5.46. The number of halogens is 2. The molecule has 6 nitrogen and oxygen atoms in total. The van der Waals surface area contributed by atoms with Gasteiger partial charge in [0.2, 0.25) is 0 Å². The van der Waals surface area contributed by atoms with Crippen molar-refractivity contribution in [2.24, 2.45) is 0 Å². The van der Waals surface area contributed by atoms with E-state index in [9.17, 15) is 18.7 Å². The van der Waals surface area contributed by atoms with E-state index in [4.69, 9.17) is 9.47 Å². The third kappa shape index (κ3) is 3.59. The Bertz CT molecular complexity index is 1010. The van der Waals surface area contributed by atoms with Crippen LogP contribution in [-0.2, 0) is 0 Å². The van der Waals surface area contributed by atoms with Crippen molar-refractivity contribution in [1.82, 2.24) is 4.98 Å². The lowest BCUT2D eigenvalue weighted by atomic mass is 10.0. The third-order valence-corrected chi connectivity index (χ3v) is 3.92. The number of carboxylic acids is 1. The first-order chi connectivity index (χ1) is 12.9. The van der Waals surface area contributed by atoms with Crippen LogP contribution in [0.2, 0.25) is 0 Å². The van der Waals surface area contributed by atoms with Crippen LogP contribution in [0.4, 0.5) is 8.78 Å². The number of methoxy groups -OCH3 is 2. The van der Waals surface area contributed by atoms with Gasteiger partial charge in [0.05, 0.1) is 31.0 Å². The molecule has 2 aromatic carbocycles. The number of para-hydroxylation sites is 1. The van der Waals surface area contributed by atoms with Gasteiger partial charge in [-0.2, -0.15) is 8.78 Å². The molecule has 0 saturated heterocycles. The molecule has 0 fully saturated rings. The van der Waals surface area contributed by atoms with Gasteiger partial charge in [-0.15, -0.1) is 0 Å². The van der Waals surface area contributed by atoms with E-state index in [-0.39, 0.29) is 22.6 Å². The lowest BCUT2D eigenvalue weighted by Crippen LogP contribution is -2.05.